The smallest absolute Gasteiger partial charge is 0.0482 e. The number of thiophene rings is 4. The highest BCUT2D eigenvalue weighted by Crippen LogP contribution is 2.33. The molecule has 0 fully saturated rings. The molecule has 0 saturated heterocycles. The van der Waals surface area contributed by atoms with Crippen molar-refractivity contribution in [2.24, 2.45) is 0 Å². The van der Waals surface area contributed by atoms with Gasteiger partial charge in [-0.1, -0.05) is 55.4 Å². The summed E-state index contributed by atoms with van der Waals surface area (Å²) < 4.78 is 5.84. The summed E-state index contributed by atoms with van der Waals surface area (Å²) in [5.41, 5.74) is 2.86. The normalized spacial score (nSPS) is 8.71. The second kappa shape index (κ2) is 17.2. The van der Waals surface area contributed by atoms with Crippen molar-refractivity contribution in [3.8, 4) is 0 Å². The van der Waals surface area contributed by atoms with Gasteiger partial charge in [0.05, 0.1) is 0 Å². The Morgan fingerprint density at radius 1 is 0.500 bits per heavy atom. The quantitative estimate of drug-likeness (QED) is 0.247. The van der Waals surface area contributed by atoms with Crippen LogP contribution in [0.4, 0.5) is 0 Å². The molecule has 0 unspecified atom stereocenters. The number of aryl methyl sites for hydroxylation is 4. The third kappa shape index (κ3) is 8.77. The van der Waals surface area contributed by atoms with Gasteiger partial charge in [0.2, 0.25) is 0 Å². The molecular formula is C24H40S4. The lowest BCUT2D eigenvalue weighted by atomic mass is 10.3. The minimum absolute atomic E-state index is 1.42. The van der Waals surface area contributed by atoms with Gasteiger partial charge in [-0.05, 0) is 61.7 Å². The van der Waals surface area contributed by atoms with Crippen LogP contribution in [0.15, 0.2) is 22.9 Å². The molecule has 4 aromatic heterocycles. The van der Waals surface area contributed by atoms with Crippen molar-refractivity contribution in [3.63, 3.8) is 0 Å². The van der Waals surface area contributed by atoms with Crippen LogP contribution in [0.25, 0.3) is 18.8 Å². The summed E-state index contributed by atoms with van der Waals surface area (Å²) in [5, 5.41) is 4.46. The Labute approximate surface area is 190 Å². The van der Waals surface area contributed by atoms with E-state index in [1.165, 1.54) is 39.7 Å². The molecule has 0 aliphatic heterocycles. The van der Waals surface area contributed by atoms with Gasteiger partial charge < -0.3 is 0 Å². The van der Waals surface area contributed by atoms with Gasteiger partial charge in [-0.25, -0.2) is 0 Å². The lowest BCUT2D eigenvalue weighted by molar-refractivity contribution is 1.50. The van der Waals surface area contributed by atoms with Crippen LogP contribution in [0.3, 0.4) is 0 Å². The van der Waals surface area contributed by atoms with Crippen LogP contribution < -0.4 is 0 Å². The number of rotatable bonds is 0. The van der Waals surface area contributed by atoms with Gasteiger partial charge in [0.1, 0.15) is 0 Å². The molecule has 0 saturated carbocycles. The molecule has 4 heterocycles. The first-order valence-corrected chi connectivity index (χ1v) is 13.8. The molecule has 0 aliphatic carbocycles. The topological polar surface area (TPSA) is 0 Å². The summed E-state index contributed by atoms with van der Waals surface area (Å²) in [4.78, 5) is 2.84. The molecule has 0 bridgehead atoms. The highest BCUT2D eigenvalue weighted by molar-refractivity contribution is 7.27. The van der Waals surface area contributed by atoms with E-state index in [0.717, 1.165) is 0 Å². The summed E-state index contributed by atoms with van der Waals surface area (Å²) in [6.07, 6.45) is 0. The largest absolute Gasteiger partial charge is 0.142 e. The average molecular weight is 457 g/mol. The van der Waals surface area contributed by atoms with Crippen molar-refractivity contribution in [3.05, 3.63) is 43.8 Å². The zero-order chi connectivity index (χ0) is 22.3. The Morgan fingerprint density at radius 2 is 0.786 bits per heavy atom. The first-order chi connectivity index (χ1) is 13.5. The number of fused-ring (bicyclic) bond motifs is 2. The van der Waals surface area contributed by atoms with Gasteiger partial charge in [0.25, 0.3) is 0 Å². The third-order valence-corrected chi connectivity index (χ3v) is 7.80. The third-order valence-electron chi connectivity index (χ3n) is 3.08. The predicted molar refractivity (Wildman–Crippen MR) is 144 cm³/mol. The predicted octanol–water partition coefficient (Wildman–Crippen LogP) is 11.3. The first kappa shape index (κ1) is 29.5. The minimum atomic E-state index is 1.42. The maximum absolute atomic E-state index is 2.26. The van der Waals surface area contributed by atoms with E-state index >= 15 is 0 Å². The molecule has 4 rings (SSSR count). The van der Waals surface area contributed by atoms with Crippen LogP contribution in [0.2, 0.25) is 0 Å². The molecule has 160 valence electrons. The van der Waals surface area contributed by atoms with Gasteiger partial charge in [0.15, 0.2) is 0 Å². The van der Waals surface area contributed by atoms with Crippen molar-refractivity contribution < 1.29 is 0 Å². The van der Waals surface area contributed by atoms with E-state index in [2.05, 4.69) is 50.6 Å². The molecule has 0 atom stereocenters. The van der Waals surface area contributed by atoms with Crippen molar-refractivity contribution in [2.45, 2.75) is 83.1 Å². The average Bonchev–Trinajstić information content (AvgIpc) is 3.47. The summed E-state index contributed by atoms with van der Waals surface area (Å²) in [5.74, 6) is 0. The van der Waals surface area contributed by atoms with Crippen LogP contribution in [0.1, 0.15) is 76.3 Å². The van der Waals surface area contributed by atoms with Crippen LogP contribution in [0.5, 0.6) is 0 Å². The van der Waals surface area contributed by atoms with Gasteiger partial charge in [0, 0.05) is 28.6 Å². The molecular weight excluding hydrogens is 417 g/mol. The molecule has 0 nitrogen and oxygen atoms in total. The molecule has 0 aliphatic rings. The Kier molecular flexibility index (Phi) is 18.1. The maximum Gasteiger partial charge on any atom is 0.0482 e. The van der Waals surface area contributed by atoms with Crippen molar-refractivity contribution in [1.82, 2.24) is 0 Å². The highest BCUT2D eigenvalue weighted by Gasteiger charge is 2.03. The Balaban J connectivity index is 0. The SMILES string of the molecule is CC.CC.CC.CC.Cc1cc2sc(C)cc2s1.Cc1csc2c(C)csc12. The molecule has 0 amide bonds. The molecule has 4 aromatic rings. The number of hydrogen-bond donors (Lipinski definition) is 0. The van der Waals surface area contributed by atoms with E-state index in [4.69, 9.17) is 0 Å². The molecule has 0 spiro atoms. The first-order valence-electron chi connectivity index (χ1n) is 10.4. The van der Waals surface area contributed by atoms with Crippen LogP contribution in [-0.2, 0) is 0 Å². The summed E-state index contributed by atoms with van der Waals surface area (Å²) in [6, 6.07) is 4.52. The van der Waals surface area contributed by atoms with E-state index in [1.807, 2.05) is 101 Å². The molecule has 0 N–H and O–H groups in total. The summed E-state index contributed by atoms with van der Waals surface area (Å²) in [7, 11) is 0. The molecule has 0 radical (unpaired) electrons. The Morgan fingerprint density at radius 3 is 1.07 bits per heavy atom. The summed E-state index contributed by atoms with van der Waals surface area (Å²) in [6.45, 7) is 24.7. The van der Waals surface area contributed by atoms with E-state index < -0.39 is 0 Å². The van der Waals surface area contributed by atoms with E-state index in [-0.39, 0.29) is 0 Å². The number of hydrogen-bond acceptors (Lipinski definition) is 4. The van der Waals surface area contributed by atoms with Gasteiger partial charge in [-0.15, -0.1) is 45.3 Å². The fourth-order valence-corrected chi connectivity index (χ4v) is 6.66. The van der Waals surface area contributed by atoms with E-state index in [1.54, 1.807) is 0 Å². The van der Waals surface area contributed by atoms with Gasteiger partial charge >= 0.3 is 0 Å². The van der Waals surface area contributed by atoms with Gasteiger partial charge in [-0.3, -0.25) is 0 Å². The second-order valence-electron chi connectivity index (χ2n) is 4.94. The minimum Gasteiger partial charge on any atom is -0.142 e. The maximum atomic E-state index is 2.26. The van der Waals surface area contributed by atoms with Crippen LogP contribution in [0, 0.1) is 27.7 Å². The van der Waals surface area contributed by atoms with Gasteiger partial charge in [-0.2, -0.15) is 0 Å². The lowest BCUT2D eigenvalue weighted by Crippen LogP contribution is -1.56. The molecule has 28 heavy (non-hydrogen) atoms. The van der Waals surface area contributed by atoms with Crippen molar-refractivity contribution in [2.75, 3.05) is 0 Å². The van der Waals surface area contributed by atoms with Crippen molar-refractivity contribution >= 4 is 64.1 Å². The van der Waals surface area contributed by atoms with Crippen molar-refractivity contribution in [1.29, 1.82) is 0 Å². The zero-order valence-corrected chi connectivity index (χ0v) is 23.2. The standard InChI is InChI=1S/2C8H8S2.4C2H6/c1-5-3-9-8-6(2)4-10-7(5)8;1-5-3-7-8(9-5)4-6(2)10-7;4*1-2/h2*3-4H,1-2H3;4*1-2H3. The van der Waals surface area contributed by atoms with Crippen LogP contribution >= 0.6 is 45.3 Å². The second-order valence-corrected chi connectivity index (χ2v) is 9.27. The molecule has 0 aromatic carbocycles. The monoisotopic (exact) mass is 456 g/mol. The van der Waals surface area contributed by atoms with E-state index in [0.29, 0.717) is 0 Å². The molecule has 4 heteroatoms. The fraction of sp³-hybridized carbons (Fsp3) is 0.500. The Hall–Kier alpha value is -0.680. The summed E-state index contributed by atoms with van der Waals surface area (Å²) >= 11 is 7.48. The highest BCUT2D eigenvalue weighted by atomic mass is 32.1. The zero-order valence-electron chi connectivity index (χ0n) is 19.9. The van der Waals surface area contributed by atoms with E-state index in [9.17, 15) is 0 Å². The lowest BCUT2D eigenvalue weighted by Gasteiger charge is -1.77. The Bertz CT molecular complexity index is 757. The van der Waals surface area contributed by atoms with Crippen LogP contribution in [-0.4, -0.2) is 0 Å². The fourth-order valence-electron chi connectivity index (χ4n) is 2.13.